The summed E-state index contributed by atoms with van der Waals surface area (Å²) < 4.78 is 4.05. The van der Waals surface area contributed by atoms with E-state index in [0.717, 1.165) is 3.82 Å². The van der Waals surface area contributed by atoms with Crippen LogP contribution in [0.25, 0.3) is 0 Å². The molecule has 1 aromatic rings. The van der Waals surface area contributed by atoms with Gasteiger partial charge in [-0.15, -0.1) is 0 Å². The summed E-state index contributed by atoms with van der Waals surface area (Å²) in [6, 6.07) is 0. The van der Waals surface area contributed by atoms with Gasteiger partial charge in [-0.05, 0) is 53.1 Å². The van der Waals surface area contributed by atoms with Crippen LogP contribution in [-0.4, -0.2) is 87.4 Å². The van der Waals surface area contributed by atoms with E-state index >= 15 is 0 Å². The van der Waals surface area contributed by atoms with Gasteiger partial charge in [0.15, 0.2) is 0 Å². The molecule has 0 spiro atoms. The molecule has 1 aromatic heterocycles. The lowest BCUT2D eigenvalue weighted by atomic mass is 10.4. The first-order valence-corrected chi connectivity index (χ1v) is 9.76. The van der Waals surface area contributed by atoms with Gasteiger partial charge in [-0.25, -0.2) is 9.80 Å². The van der Waals surface area contributed by atoms with Gasteiger partial charge in [0.1, 0.15) is 45.8 Å². The molecule has 6 unspecified atom stereocenters. The predicted molar refractivity (Wildman–Crippen MR) is 108 cm³/mol. The van der Waals surface area contributed by atoms with E-state index in [4.69, 9.17) is 55.1 Å². The van der Waals surface area contributed by atoms with E-state index in [2.05, 4.69) is 9.59 Å². The molecule has 0 fully saturated rings. The molecule has 27 heavy (non-hydrogen) atoms. The monoisotopic (exact) mass is 448 g/mol. The SMILES string of the molecule is CC(O)N(C(C)O)C(C)O.CC(O)N(C(C)O)C(C)O.S=c1[nH][nH]sc1=S. The minimum Gasteiger partial charge on any atom is -0.379 e. The topological polar surface area (TPSA) is 159 Å². The zero-order valence-electron chi connectivity index (χ0n) is 16.3. The standard InChI is InChI=1S/2C6H15NO3.C2H2N2S3/c2*1-4(8)7(5(2)9)6(3)10;5-1-2(6)7-4-3-1/h2*4-6,8-10H,1-3H3;4H,(H,3,5). The fourth-order valence-corrected chi connectivity index (χ4v) is 2.90. The summed E-state index contributed by atoms with van der Waals surface area (Å²) in [5.41, 5.74) is 0. The van der Waals surface area contributed by atoms with Crippen LogP contribution < -0.4 is 0 Å². The van der Waals surface area contributed by atoms with E-state index in [1.165, 1.54) is 62.9 Å². The van der Waals surface area contributed by atoms with Crippen molar-refractivity contribution in [1.82, 2.24) is 19.4 Å². The van der Waals surface area contributed by atoms with Crippen LogP contribution in [0.4, 0.5) is 0 Å². The van der Waals surface area contributed by atoms with Crippen molar-refractivity contribution in [2.45, 2.75) is 78.9 Å². The van der Waals surface area contributed by atoms with Gasteiger partial charge in [0.05, 0.1) is 0 Å². The zero-order valence-corrected chi connectivity index (χ0v) is 18.7. The Morgan fingerprint density at radius 1 is 0.667 bits per heavy atom. The van der Waals surface area contributed by atoms with Crippen molar-refractivity contribution in [3.05, 3.63) is 8.46 Å². The number of hydrogen-bond acceptors (Lipinski definition) is 11. The van der Waals surface area contributed by atoms with Gasteiger partial charge in [0, 0.05) is 0 Å². The van der Waals surface area contributed by atoms with Crippen molar-refractivity contribution in [2.75, 3.05) is 0 Å². The van der Waals surface area contributed by atoms with Crippen molar-refractivity contribution in [1.29, 1.82) is 0 Å². The van der Waals surface area contributed by atoms with E-state index in [1.807, 2.05) is 0 Å². The van der Waals surface area contributed by atoms with E-state index in [1.54, 1.807) is 0 Å². The number of rotatable bonds is 6. The highest BCUT2D eigenvalue weighted by molar-refractivity contribution is 7.75. The maximum absolute atomic E-state index is 8.96. The quantitative estimate of drug-likeness (QED) is 0.227. The molecule has 0 aliphatic carbocycles. The van der Waals surface area contributed by atoms with E-state index < -0.39 is 37.4 Å². The van der Waals surface area contributed by atoms with Crippen molar-refractivity contribution in [3.63, 3.8) is 0 Å². The highest BCUT2D eigenvalue weighted by Gasteiger charge is 2.20. The predicted octanol–water partition coefficient (Wildman–Crippen LogP) is 0.470. The molecule has 0 bridgehead atoms. The van der Waals surface area contributed by atoms with Gasteiger partial charge in [0.25, 0.3) is 0 Å². The Bertz CT molecular complexity index is 499. The summed E-state index contributed by atoms with van der Waals surface area (Å²) in [6.07, 6.45) is -5.00. The molecule has 0 saturated carbocycles. The Kier molecular flexibility index (Phi) is 15.7. The first-order valence-electron chi connectivity index (χ1n) is 8.13. The second-order valence-electron chi connectivity index (χ2n) is 5.63. The Labute approximate surface area is 173 Å². The van der Waals surface area contributed by atoms with Crippen LogP contribution >= 0.6 is 36.0 Å². The van der Waals surface area contributed by atoms with E-state index in [9.17, 15) is 0 Å². The van der Waals surface area contributed by atoms with E-state index in [-0.39, 0.29) is 0 Å². The molecule has 1 heterocycles. The van der Waals surface area contributed by atoms with Gasteiger partial charge >= 0.3 is 0 Å². The molecule has 1 rings (SSSR count). The van der Waals surface area contributed by atoms with Crippen LogP contribution in [0.15, 0.2) is 0 Å². The van der Waals surface area contributed by atoms with Gasteiger partial charge in [0.2, 0.25) is 0 Å². The average molecular weight is 449 g/mol. The van der Waals surface area contributed by atoms with Gasteiger partial charge in [-0.2, -0.15) is 0 Å². The highest BCUT2D eigenvalue weighted by Crippen LogP contribution is 2.05. The number of aromatic amines is 2. The van der Waals surface area contributed by atoms with Gasteiger partial charge in [-0.1, -0.05) is 24.4 Å². The largest absolute Gasteiger partial charge is 0.379 e. The molecule has 0 amide bonds. The lowest BCUT2D eigenvalue weighted by Crippen LogP contribution is -2.45. The maximum Gasteiger partial charge on any atom is 0.148 e. The molecule has 0 radical (unpaired) electrons. The highest BCUT2D eigenvalue weighted by atomic mass is 32.2. The smallest absolute Gasteiger partial charge is 0.148 e. The molecule has 162 valence electrons. The Hall–Kier alpha value is -0.320. The molecule has 0 aromatic carbocycles. The van der Waals surface area contributed by atoms with Crippen LogP contribution in [0.5, 0.6) is 0 Å². The number of nitrogens with zero attached hydrogens (tertiary/aromatic N) is 2. The molecule has 0 saturated heterocycles. The number of aliphatic hydroxyl groups is 6. The summed E-state index contributed by atoms with van der Waals surface area (Å²) in [7, 11) is 0. The minimum atomic E-state index is -0.833. The lowest BCUT2D eigenvalue weighted by molar-refractivity contribution is -0.160. The Balaban J connectivity index is 0. The van der Waals surface area contributed by atoms with Gasteiger partial charge < -0.3 is 30.6 Å². The average Bonchev–Trinajstić information content (AvgIpc) is 2.81. The summed E-state index contributed by atoms with van der Waals surface area (Å²) in [5, 5.41) is 56.4. The third kappa shape index (κ3) is 12.7. The molecule has 6 atom stereocenters. The number of H-pyrrole nitrogens is 2. The fraction of sp³-hybridized carbons (Fsp3) is 0.857. The van der Waals surface area contributed by atoms with Crippen molar-refractivity contribution in [2.24, 2.45) is 0 Å². The normalized spacial score (nSPS) is 17.7. The summed E-state index contributed by atoms with van der Waals surface area (Å²) in [5.74, 6) is 0. The first kappa shape index (κ1) is 28.9. The minimum absolute atomic E-state index is 0.625. The summed E-state index contributed by atoms with van der Waals surface area (Å²) >= 11 is 10.8. The van der Waals surface area contributed by atoms with Crippen LogP contribution in [0.3, 0.4) is 0 Å². The molecule has 13 heteroatoms. The second-order valence-corrected chi connectivity index (χ2v) is 7.52. The van der Waals surface area contributed by atoms with Crippen LogP contribution in [0.2, 0.25) is 0 Å². The van der Waals surface area contributed by atoms with E-state index in [0.29, 0.717) is 4.64 Å². The van der Waals surface area contributed by atoms with Crippen LogP contribution in [-0.2, 0) is 0 Å². The molecule has 10 nitrogen and oxygen atoms in total. The lowest BCUT2D eigenvalue weighted by Gasteiger charge is -2.30. The number of aromatic nitrogens is 2. The Morgan fingerprint density at radius 2 is 0.926 bits per heavy atom. The second kappa shape index (κ2) is 14.6. The molecule has 0 aliphatic rings. The number of nitrogens with one attached hydrogen (secondary N) is 2. The zero-order chi connectivity index (χ0) is 21.9. The van der Waals surface area contributed by atoms with Crippen LogP contribution in [0, 0.1) is 8.46 Å². The third-order valence-corrected chi connectivity index (χ3v) is 4.69. The molecular formula is C14H32N4O6S3. The van der Waals surface area contributed by atoms with Crippen molar-refractivity contribution in [3.8, 4) is 0 Å². The fourth-order valence-electron chi connectivity index (χ4n) is 2.09. The van der Waals surface area contributed by atoms with Crippen molar-refractivity contribution < 1.29 is 30.6 Å². The molecule has 8 N–H and O–H groups in total. The first-order chi connectivity index (χ1) is 12.2. The summed E-state index contributed by atoms with van der Waals surface area (Å²) in [6.45, 7) is 8.91. The maximum atomic E-state index is 8.96. The number of hydrogen-bond donors (Lipinski definition) is 8. The Morgan fingerprint density at radius 3 is 0.963 bits per heavy atom. The third-order valence-electron chi connectivity index (χ3n) is 3.08. The molecule has 0 aliphatic heterocycles. The van der Waals surface area contributed by atoms with Gasteiger partial charge in [-0.3, -0.25) is 9.59 Å². The summed E-state index contributed by atoms with van der Waals surface area (Å²) in [4.78, 5) is 2.33. The van der Waals surface area contributed by atoms with Crippen molar-refractivity contribution >= 4 is 36.0 Å². The van der Waals surface area contributed by atoms with Crippen LogP contribution in [0.1, 0.15) is 41.5 Å². The molecular weight excluding hydrogens is 416 g/mol. The number of aliphatic hydroxyl groups excluding tert-OH is 6.